The van der Waals surface area contributed by atoms with E-state index in [2.05, 4.69) is 6.92 Å². The van der Waals surface area contributed by atoms with Crippen LogP contribution in [0.4, 0.5) is 0 Å². The van der Waals surface area contributed by atoms with Gasteiger partial charge in [-0.05, 0) is 25.8 Å². The van der Waals surface area contributed by atoms with Crippen molar-refractivity contribution in [3.05, 3.63) is 0 Å². The molecule has 0 saturated heterocycles. The average molecular weight is 200 g/mol. The van der Waals surface area contributed by atoms with E-state index in [1.807, 2.05) is 0 Å². The molecule has 0 heterocycles. The molecule has 0 unspecified atom stereocenters. The van der Waals surface area contributed by atoms with Crippen molar-refractivity contribution in [3.63, 3.8) is 0 Å². The van der Waals surface area contributed by atoms with Crippen molar-refractivity contribution < 1.29 is 0 Å². The molecule has 2 heteroatoms. The summed E-state index contributed by atoms with van der Waals surface area (Å²) in [7, 11) is 0. The summed E-state index contributed by atoms with van der Waals surface area (Å²) in [6.07, 6.45) is 11.8. The fraction of sp³-hybridized carbons (Fsp3) is 1.00. The number of rotatable bonds is 4. The predicted molar refractivity (Wildman–Crippen MR) is 64.3 cm³/mol. The van der Waals surface area contributed by atoms with Gasteiger partial charge in [-0.15, -0.1) is 0 Å². The first kappa shape index (κ1) is 13.9. The maximum absolute atomic E-state index is 5.63. The van der Waals surface area contributed by atoms with Crippen LogP contribution in [0.5, 0.6) is 0 Å². The molecule has 1 aliphatic rings. The molecule has 1 rings (SSSR count). The van der Waals surface area contributed by atoms with Crippen LogP contribution in [0.25, 0.3) is 0 Å². The van der Waals surface area contributed by atoms with Gasteiger partial charge >= 0.3 is 0 Å². The minimum atomic E-state index is 0.536. The SMILES string of the molecule is CCCCCCN.NC1CCCCC1. The number of hydrogen-bond acceptors (Lipinski definition) is 2. The highest BCUT2D eigenvalue weighted by atomic mass is 14.6. The molecule has 2 nitrogen and oxygen atoms in total. The van der Waals surface area contributed by atoms with Crippen molar-refractivity contribution >= 4 is 0 Å². The van der Waals surface area contributed by atoms with Crippen LogP contribution < -0.4 is 11.5 Å². The molecule has 0 spiro atoms. The monoisotopic (exact) mass is 200 g/mol. The first-order valence-corrected chi connectivity index (χ1v) is 6.27. The molecule has 0 bridgehead atoms. The minimum Gasteiger partial charge on any atom is -0.330 e. The Morgan fingerprint density at radius 1 is 1.00 bits per heavy atom. The van der Waals surface area contributed by atoms with E-state index in [4.69, 9.17) is 11.5 Å². The first-order valence-electron chi connectivity index (χ1n) is 6.27. The lowest BCUT2D eigenvalue weighted by atomic mass is 9.97. The highest BCUT2D eigenvalue weighted by Gasteiger charge is 2.06. The van der Waals surface area contributed by atoms with Gasteiger partial charge in [-0.25, -0.2) is 0 Å². The summed E-state index contributed by atoms with van der Waals surface area (Å²) in [5, 5.41) is 0. The maximum Gasteiger partial charge on any atom is 0.00388 e. The molecule has 0 radical (unpaired) electrons. The summed E-state index contributed by atoms with van der Waals surface area (Å²) in [6.45, 7) is 3.07. The van der Waals surface area contributed by atoms with E-state index in [-0.39, 0.29) is 0 Å². The first-order chi connectivity index (χ1) is 6.81. The topological polar surface area (TPSA) is 52.0 Å². The summed E-state index contributed by atoms with van der Waals surface area (Å²) >= 11 is 0. The van der Waals surface area contributed by atoms with E-state index < -0.39 is 0 Å². The van der Waals surface area contributed by atoms with Gasteiger partial charge in [-0.1, -0.05) is 45.4 Å². The number of nitrogens with two attached hydrogens (primary N) is 2. The maximum atomic E-state index is 5.63. The normalized spacial score (nSPS) is 17.4. The Bertz CT molecular complexity index is 94.5. The van der Waals surface area contributed by atoms with Crippen molar-refractivity contribution in [2.45, 2.75) is 70.8 Å². The molecule has 0 aliphatic heterocycles. The van der Waals surface area contributed by atoms with Crippen LogP contribution in [0.15, 0.2) is 0 Å². The van der Waals surface area contributed by atoms with Gasteiger partial charge in [0, 0.05) is 6.04 Å². The van der Waals surface area contributed by atoms with E-state index in [1.54, 1.807) is 0 Å². The summed E-state index contributed by atoms with van der Waals surface area (Å²) in [5.41, 5.74) is 10.9. The Labute approximate surface area is 89.4 Å². The Kier molecular flexibility index (Phi) is 10.9. The van der Waals surface area contributed by atoms with Crippen molar-refractivity contribution in [1.82, 2.24) is 0 Å². The fourth-order valence-corrected chi connectivity index (χ4v) is 1.71. The highest BCUT2D eigenvalue weighted by molar-refractivity contribution is 4.66. The Hall–Kier alpha value is -0.0800. The van der Waals surface area contributed by atoms with Gasteiger partial charge in [-0.3, -0.25) is 0 Å². The molecule has 86 valence electrons. The second-order valence-electron chi connectivity index (χ2n) is 4.25. The molecule has 0 atom stereocenters. The molecule has 0 aromatic heterocycles. The van der Waals surface area contributed by atoms with Crippen LogP contribution >= 0.6 is 0 Å². The van der Waals surface area contributed by atoms with Crippen LogP contribution in [-0.2, 0) is 0 Å². The molecular formula is C12H28N2. The zero-order valence-electron chi connectivity index (χ0n) is 9.80. The van der Waals surface area contributed by atoms with Gasteiger partial charge in [0.2, 0.25) is 0 Å². The molecule has 14 heavy (non-hydrogen) atoms. The van der Waals surface area contributed by atoms with Gasteiger partial charge in [-0.2, -0.15) is 0 Å². The third kappa shape index (κ3) is 10.0. The van der Waals surface area contributed by atoms with Crippen LogP contribution in [-0.4, -0.2) is 12.6 Å². The van der Waals surface area contributed by atoms with Crippen LogP contribution in [0, 0.1) is 0 Å². The number of hydrogen-bond donors (Lipinski definition) is 2. The van der Waals surface area contributed by atoms with E-state index >= 15 is 0 Å². The van der Waals surface area contributed by atoms with Crippen molar-refractivity contribution in [3.8, 4) is 0 Å². The molecule has 0 amide bonds. The summed E-state index contributed by atoms with van der Waals surface area (Å²) < 4.78 is 0. The standard InChI is InChI=1S/C6H13N.C6H15N/c7-6-4-2-1-3-5-6;1-2-3-4-5-6-7/h6H,1-5,7H2;2-7H2,1H3. The Morgan fingerprint density at radius 3 is 2.00 bits per heavy atom. The lowest BCUT2D eigenvalue weighted by molar-refractivity contribution is 0.441. The summed E-state index contributed by atoms with van der Waals surface area (Å²) in [6, 6.07) is 0.536. The third-order valence-corrected chi connectivity index (χ3v) is 2.71. The molecule has 1 aliphatic carbocycles. The molecule has 0 aromatic carbocycles. The van der Waals surface area contributed by atoms with E-state index in [9.17, 15) is 0 Å². The lowest BCUT2D eigenvalue weighted by Gasteiger charge is -2.15. The van der Waals surface area contributed by atoms with E-state index in [1.165, 1.54) is 57.8 Å². The summed E-state index contributed by atoms with van der Waals surface area (Å²) in [5.74, 6) is 0. The highest BCUT2D eigenvalue weighted by Crippen LogP contribution is 2.14. The van der Waals surface area contributed by atoms with Crippen molar-refractivity contribution in [1.29, 1.82) is 0 Å². The lowest BCUT2D eigenvalue weighted by Crippen LogP contribution is -2.22. The predicted octanol–water partition coefficient (Wildman–Crippen LogP) is 2.80. The zero-order chi connectivity index (χ0) is 10.6. The Morgan fingerprint density at radius 2 is 1.64 bits per heavy atom. The fourth-order valence-electron chi connectivity index (χ4n) is 1.71. The van der Waals surface area contributed by atoms with Crippen LogP contribution in [0.2, 0.25) is 0 Å². The number of unbranched alkanes of at least 4 members (excludes halogenated alkanes) is 3. The van der Waals surface area contributed by atoms with Gasteiger partial charge in [0.15, 0.2) is 0 Å². The van der Waals surface area contributed by atoms with Crippen LogP contribution in [0.1, 0.15) is 64.7 Å². The second-order valence-corrected chi connectivity index (χ2v) is 4.25. The molecule has 1 fully saturated rings. The Balaban J connectivity index is 0.000000241. The molecule has 4 N–H and O–H groups in total. The smallest absolute Gasteiger partial charge is 0.00388 e. The summed E-state index contributed by atoms with van der Waals surface area (Å²) in [4.78, 5) is 0. The van der Waals surface area contributed by atoms with Gasteiger partial charge < -0.3 is 11.5 Å². The quantitative estimate of drug-likeness (QED) is 0.686. The minimum absolute atomic E-state index is 0.536. The van der Waals surface area contributed by atoms with E-state index in [0.717, 1.165) is 6.54 Å². The zero-order valence-corrected chi connectivity index (χ0v) is 9.80. The largest absolute Gasteiger partial charge is 0.330 e. The molecule has 0 aromatic rings. The average Bonchev–Trinajstić information content (AvgIpc) is 2.21. The van der Waals surface area contributed by atoms with Crippen molar-refractivity contribution in [2.75, 3.05) is 6.54 Å². The van der Waals surface area contributed by atoms with Crippen LogP contribution in [0.3, 0.4) is 0 Å². The van der Waals surface area contributed by atoms with E-state index in [0.29, 0.717) is 6.04 Å². The second kappa shape index (κ2) is 11.0. The molecule has 1 saturated carbocycles. The van der Waals surface area contributed by atoms with Gasteiger partial charge in [0.25, 0.3) is 0 Å². The van der Waals surface area contributed by atoms with Gasteiger partial charge in [0.05, 0.1) is 0 Å². The van der Waals surface area contributed by atoms with Gasteiger partial charge in [0.1, 0.15) is 0 Å². The molecular weight excluding hydrogens is 172 g/mol. The van der Waals surface area contributed by atoms with Crippen molar-refractivity contribution in [2.24, 2.45) is 11.5 Å². The third-order valence-electron chi connectivity index (χ3n) is 2.71.